The summed E-state index contributed by atoms with van der Waals surface area (Å²) in [6.07, 6.45) is 4.82. The fraction of sp³-hybridized carbons (Fsp3) is 0.619. The van der Waals surface area contributed by atoms with Crippen molar-refractivity contribution in [1.82, 2.24) is 0 Å². The molecule has 2 rings (SSSR count). The molecule has 1 aromatic rings. The zero-order valence-electron chi connectivity index (χ0n) is 16.7. The first-order valence-electron chi connectivity index (χ1n) is 9.89. The van der Waals surface area contributed by atoms with Crippen LogP contribution in [0.4, 0.5) is 0 Å². The first kappa shape index (κ1) is 22.0. The summed E-state index contributed by atoms with van der Waals surface area (Å²) in [6.45, 7) is 3.98. The molecule has 156 valence electrons. The van der Waals surface area contributed by atoms with Crippen LogP contribution in [0, 0.1) is 0 Å². The lowest BCUT2D eigenvalue weighted by Gasteiger charge is -2.17. The largest absolute Gasteiger partial charge is 0.490 e. The van der Waals surface area contributed by atoms with Gasteiger partial charge in [0.25, 0.3) is 0 Å². The number of benzene rings is 1. The molecular weight excluding hydrogens is 364 g/mol. The van der Waals surface area contributed by atoms with Gasteiger partial charge in [-0.2, -0.15) is 0 Å². The Kier molecular flexibility index (Phi) is 9.62. The third-order valence-corrected chi connectivity index (χ3v) is 4.38. The van der Waals surface area contributed by atoms with E-state index in [9.17, 15) is 9.59 Å². The quantitative estimate of drug-likeness (QED) is 0.396. The fourth-order valence-corrected chi connectivity index (χ4v) is 2.89. The van der Waals surface area contributed by atoms with Crippen molar-refractivity contribution in [3.63, 3.8) is 0 Å². The van der Waals surface area contributed by atoms with Crippen molar-refractivity contribution in [2.24, 2.45) is 0 Å². The Balaban J connectivity index is 1.81. The fourth-order valence-electron chi connectivity index (χ4n) is 2.89. The number of rotatable bonds is 12. The topological polar surface area (TPSA) is 80.3 Å². The number of carbonyl (C=O) groups is 2. The molecule has 0 amide bonds. The number of esters is 2. The highest BCUT2D eigenvalue weighted by atomic mass is 16.6. The molecule has 1 aliphatic heterocycles. The summed E-state index contributed by atoms with van der Waals surface area (Å²) in [5.74, 6) is 0.572. The highest BCUT2D eigenvalue weighted by Gasteiger charge is 2.20. The Bertz CT molecular complexity index is 623. The minimum Gasteiger partial charge on any atom is -0.490 e. The first-order valence-corrected chi connectivity index (χ1v) is 9.89. The summed E-state index contributed by atoms with van der Waals surface area (Å²) >= 11 is 0. The van der Waals surface area contributed by atoms with Gasteiger partial charge in [0.05, 0.1) is 39.1 Å². The summed E-state index contributed by atoms with van der Waals surface area (Å²) in [5.41, 5.74) is 0.418. The van der Waals surface area contributed by atoms with Gasteiger partial charge in [-0.15, -0.1) is 0 Å². The molecule has 0 unspecified atom stereocenters. The van der Waals surface area contributed by atoms with Gasteiger partial charge in [0, 0.05) is 12.8 Å². The van der Waals surface area contributed by atoms with Crippen molar-refractivity contribution in [2.75, 3.05) is 33.5 Å². The smallest absolute Gasteiger partial charge is 0.337 e. The van der Waals surface area contributed by atoms with E-state index >= 15 is 0 Å². The number of ether oxygens (including phenoxy) is 5. The number of hydrogen-bond acceptors (Lipinski definition) is 7. The van der Waals surface area contributed by atoms with Gasteiger partial charge in [-0.3, -0.25) is 4.79 Å². The van der Waals surface area contributed by atoms with Crippen LogP contribution in [-0.4, -0.2) is 51.6 Å². The van der Waals surface area contributed by atoms with Gasteiger partial charge in [0.15, 0.2) is 11.5 Å². The summed E-state index contributed by atoms with van der Waals surface area (Å²) in [6, 6.07) is 5.05. The number of hydrogen-bond donors (Lipinski definition) is 0. The first-order chi connectivity index (χ1) is 13.6. The van der Waals surface area contributed by atoms with Gasteiger partial charge in [0.1, 0.15) is 6.10 Å². The molecule has 1 heterocycles. The Hall–Kier alpha value is -2.28. The molecule has 0 bridgehead atoms. The van der Waals surface area contributed by atoms with Crippen molar-refractivity contribution < 1.29 is 33.3 Å². The lowest BCUT2D eigenvalue weighted by atomic mass is 10.1. The van der Waals surface area contributed by atoms with E-state index in [1.807, 2.05) is 6.92 Å². The Labute approximate surface area is 166 Å². The third-order valence-electron chi connectivity index (χ3n) is 4.38. The minimum absolute atomic E-state index is 0.00537. The van der Waals surface area contributed by atoms with Gasteiger partial charge < -0.3 is 23.7 Å². The van der Waals surface area contributed by atoms with Crippen molar-refractivity contribution in [1.29, 1.82) is 0 Å². The second-order valence-corrected chi connectivity index (χ2v) is 6.57. The van der Waals surface area contributed by atoms with E-state index in [2.05, 4.69) is 0 Å². The van der Waals surface area contributed by atoms with E-state index in [1.54, 1.807) is 18.2 Å². The van der Waals surface area contributed by atoms with Gasteiger partial charge >= 0.3 is 11.9 Å². The van der Waals surface area contributed by atoms with Crippen LogP contribution in [-0.2, 0) is 19.0 Å². The number of methoxy groups -OCH3 is 1. The van der Waals surface area contributed by atoms with Crippen LogP contribution in [0.1, 0.15) is 55.8 Å². The third kappa shape index (κ3) is 7.38. The molecule has 0 spiro atoms. The van der Waals surface area contributed by atoms with Crippen molar-refractivity contribution >= 4 is 11.9 Å². The Morgan fingerprint density at radius 2 is 1.96 bits per heavy atom. The Morgan fingerprint density at radius 1 is 1.14 bits per heavy atom. The second-order valence-electron chi connectivity index (χ2n) is 6.57. The molecule has 0 aromatic heterocycles. The van der Waals surface area contributed by atoms with Crippen LogP contribution >= 0.6 is 0 Å². The molecular formula is C21H30O7. The lowest BCUT2D eigenvalue weighted by Crippen LogP contribution is -2.16. The number of unbranched alkanes of at least 4 members (excludes halogenated alkanes) is 3. The van der Waals surface area contributed by atoms with Gasteiger partial charge in [-0.05, 0) is 38.0 Å². The van der Waals surface area contributed by atoms with Crippen LogP contribution in [0.3, 0.4) is 0 Å². The van der Waals surface area contributed by atoms with Crippen LogP contribution in [0.25, 0.3) is 0 Å². The van der Waals surface area contributed by atoms with E-state index in [4.69, 9.17) is 23.7 Å². The predicted molar refractivity (Wildman–Crippen MR) is 103 cm³/mol. The SMILES string of the molecule is CCOC(=O)CCCCCCOc1cc(C(=O)OC)ccc1O[C@@H]1CCOC1. The van der Waals surface area contributed by atoms with Gasteiger partial charge in [-0.1, -0.05) is 12.8 Å². The van der Waals surface area contributed by atoms with Crippen LogP contribution in [0.5, 0.6) is 11.5 Å². The normalized spacial score (nSPS) is 15.9. The van der Waals surface area contributed by atoms with E-state index in [0.29, 0.717) is 49.9 Å². The molecule has 0 N–H and O–H groups in total. The van der Waals surface area contributed by atoms with Crippen molar-refractivity contribution in [3.05, 3.63) is 23.8 Å². The van der Waals surface area contributed by atoms with Gasteiger partial charge in [0.2, 0.25) is 0 Å². The molecule has 1 fully saturated rings. The highest BCUT2D eigenvalue weighted by molar-refractivity contribution is 5.90. The van der Waals surface area contributed by atoms with Crippen LogP contribution < -0.4 is 9.47 Å². The second kappa shape index (κ2) is 12.2. The molecule has 28 heavy (non-hydrogen) atoms. The summed E-state index contributed by atoms with van der Waals surface area (Å²) < 4.78 is 26.9. The predicted octanol–water partition coefficient (Wildman–Crippen LogP) is 3.53. The maximum absolute atomic E-state index is 11.8. The molecule has 0 radical (unpaired) electrons. The zero-order valence-corrected chi connectivity index (χ0v) is 16.7. The average Bonchev–Trinajstić information content (AvgIpc) is 3.21. The monoisotopic (exact) mass is 394 g/mol. The highest BCUT2D eigenvalue weighted by Crippen LogP contribution is 2.31. The molecule has 7 nitrogen and oxygen atoms in total. The average molecular weight is 394 g/mol. The molecule has 7 heteroatoms. The molecule has 1 saturated heterocycles. The number of carbonyl (C=O) groups excluding carboxylic acids is 2. The molecule has 1 aliphatic rings. The van der Waals surface area contributed by atoms with Crippen LogP contribution in [0.15, 0.2) is 18.2 Å². The van der Waals surface area contributed by atoms with Crippen molar-refractivity contribution in [2.45, 2.75) is 51.6 Å². The summed E-state index contributed by atoms with van der Waals surface area (Å²) in [7, 11) is 1.35. The van der Waals surface area contributed by atoms with Crippen LogP contribution in [0.2, 0.25) is 0 Å². The molecule has 1 atom stereocenters. The standard InChI is InChI=1S/C21H30O7/c1-3-26-20(22)8-6-4-5-7-12-27-19-14-16(21(23)24-2)9-10-18(19)28-17-11-13-25-15-17/h9-10,14,17H,3-8,11-13,15H2,1-2H3/t17-/m1/s1. The van der Waals surface area contributed by atoms with E-state index in [-0.39, 0.29) is 12.1 Å². The summed E-state index contributed by atoms with van der Waals surface area (Å²) in [4.78, 5) is 23.1. The molecule has 1 aromatic carbocycles. The van der Waals surface area contributed by atoms with E-state index < -0.39 is 5.97 Å². The zero-order chi connectivity index (χ0) is 20.2. The molecule has 0 saturated carbocycles. The lowest BCUT2D eigenvalue weighted by molar-refractivity contribution is -0.143. The Morgan fingerprint density at radius 3 is 2.68 bits per heavy atom. The minimum atomic E-state index is -0.417. The maximum Gasteiger partial charge on any atom is 0.337 e. The maximum atomic E-state index is 11.8. The molecule has 0 aliphatic carbocycles. The van der Waals surface area contributed by atoms with Crippen molar-refractivity contribution in [3.8, 4) is 11.5 Å². The summed E-state index contributed by atoms with van der Waals surface area (Å²) in [5, 5.41) is 0. The van der Waals surface area contributed by atoms with E-state index in [1.165, 1.54) is 7.11 Å². The van der Waals surface area contributed by atoms with Gasteiger partial charge in [-0.25, -0.2) is 4.79 Å². The van der Waals surface area contributed by atoms with E-state index in [0.717, 1.165) is 32.1 Å².